The van der Waals surface area contributed by atoms with Crippen molar-refractivity contribution in [3.05, 3.63) is 28.3 Å². The fraction of sp³-hybridized carbons (Fsp3) is 0.444. The first-order valence-electron chi connectivity index (χ1n) is 4.10. The predicted octanol–water partition coefficient (Wildman–Crippen LogP) is 0.674. The van der Waals surface area contributed by atoms with Crippen molar-refractivity contribution in [2.75, 3.05) is 6.54 Å². The summed E-state index contributed by atoms with van der Waals surface area (Å²) in [5.41, 5.74) is 4.97. The van der Waals surface area contributed by atoms with Crippen LogP contribution in [-0.2, 0) is 0 Å². The Kier molecular flexibility index (Phi) is 3.08. The molecule has 0 aliphatic carbocycles. The van der Waals surface area contributed by atoms with Gasteiger partial charge in [0, 0.05) is 12.6 Å². The number of hydrogen-bond donors (Lipinski definition) is 1. The van der Waals surface area contributed by atoms with Gasteiger partial charge >= 0.3 is 5.63 Å². The van der Waals surface area contributed by atoms with Crippen molar-refractivity contribution in [3.63, 3.8) is 0 Å². The first kappa shape index (κ1) is 9.80. The minimum absolute atomic E-state index is 0.0961. The van der Waals surface area contributed by atoms with E-state index in [9.17, 15) is 4.79 Å². The van der Waals surface area contributed by atoms with E-state index in [4.69, 9.17) is 14.9 Å². The Morgan fingerprint density at radius 1 is 1.62 bits per heavy atom. The van der Waals surface area contributed by atoms with Crippen molar-refractivity contribution in [3.8, 4) is 5.75 Å². The molecule has 4 nitrogen and oxygen atoms in total. The smallest absolute Gasteiger partial charge is 0.339 e. The molecule has 0 aliphatic heterocycles. The van der Waals surface area contributed by atoms with Crippen LogP contribution in [0.3, 0.4) is 0 Å². The standard InChI is InChI=1S/C9H13NO3/c1-6-3-8(4-9(11)13-6)12-7(2)5-10/h3-4,7H,5,10H2,1-2H3/t7-/m1/s1. The fourth-order valence-corrected chi connectivity index (χ4v) is 0.924. The van der Waals surface area contributed by atoms with Crippen LogP contribution in [0, 0.1) is 6.92 Å². The Morgan fingerprint density at radius 2 is 2.31 bits per heavy atom. The third kappa shape index (κ3) is 2.91. The maximum atomic E-state index is 10.9. The largest absolute Gasteiger partial charge is 0.489 e. The zero-order valence-electron chi connectivity index (χ0n) is 7.74. The van der Waals surface area contributed by atoms with E-state index in [1.165, 1.54) is 6.07 Å². The quantitative estimate of drug-likeness (QED) is 0.748. The molecule has 1 aromatic rings. The number of hydrogen-bond acceptors (Lipinski definition) is 4. The lowest BCUT2D eigenvalue weighted by Crippen LogP contribution is -2.23. The third-order valence-electron chi connectivity index (χ3n) is 1.54. The van der Waals surface area contributed by atoms with E-state index in [0.29, 0.717) is 18.1 Å². The minimum Gasteiger partial charge on any atom is -0.489 e. The summed E-state index contributed by atoms with van der Waals surface area (Å²) in [6.45, 7) is 3.95. The topological polar surface area (TPSA) is 65.5 Å². The molecule has 0 radical (unpaired) electrons. The van der Waals surface area contributed by atoms with E-state index in [0.717, 1.165) is 0 Å². The van der Waals surface area contributed by atoms with Crippen LogP contribution in [0.2, 0.25) is 0 Å². The highest BCUT2D eigenvalue weighted by atomic mass is 16.5. The molecule has 0 amide bonds. The molecule has 2 N–H and O–H groups in total. The third-order valence-corrected chi connectivity index (χ3v) is 1.54. The molecule has 0 saturated carbocycles. The predicted molar refractivity (Wildman–Crippen MR) is 48.9 cm³/mol. The zero-order chi connectivity index (χ0) is 9.84. The monoisotopic (exact) mass is 183 g/mol. The second kappa shape index (κ2) is 4.09. The number of nitrogens with two attached hydrogens (primary N) is 1. The van der Waals surface area contributed by atoms with Gasteiger partial charge in [0.2, 0.25) is 0 Å². The molecule has 72 valence electrons. The summed E-state index contributed by atoms with van der Waals surface area (Å²) in [5, 5.41) is 0. The molecule has 1 aromatic heterocycles. The van der Waals surface area contributed by atoms with E-state index < -0.39 is 5.63 Å². The minimum atomic E-state index is -0.403. The van der Waals surface area contributed by atoms with Gasteiger partial charge in [-0.25, -0.2) is 4.79 Å². The molecular weight excluding hydrogens is 170 g/mol. The zero-order valence-corrected chi connectivity index (χ0v) is 7.74. The van der Waals surface area contributed by atoms with Crippen LogP contribution < -0.4 is 16.1 Å². The molecular formula is C9H13NO3. The lowest BCUT2D eigenvalue weighted by Gasteiger charge is -2.11. The van der Waals surface area contributed by atoms with Gasteiger partial charge in [0.05, 0.1) is 6.07 Å². The van der Waals surface area contributed by atoms with Gasteiger partial charge in [0.15, 0.2) is 0 Å². The Hall–Kier alpha value is -1.29. The molecule has 0 fully saturated rings. The molecule has 1 rings (SSSR count). The molecule has 0 aromatic carbocycles. The highest BCUT2D eigenvalue weighted by Gasteiger charge is 2.03. The van der Waals surface area contributed by atoms with Crippen LogP contribution in [0.15, 0.2) is 21.3 Å². The van der Waals surface area contributed by atoms with Gasteiger partial charge in [-0.3, -0.25) is 0 Å². The Labute approximate surface area is 76.3 Å². The van der Waals surface area contributed by atoms with Gasteiger partial charge in [-0.2, -0.15) is 0 Å². The summed E-state index contributed by atoms with van der Waals surface area (Å²) >= 11 is 0. The van der Waals surface area contributed by atoms with Gasteiger partial charge in [-0.15, -0.1) is 0 Å². The van der Waals surface area contributed by atoms with Gasteiger partial charge in [-0.1, -0.05) is 0 Å². The van der Waals surface area contributed by atoms with Gasteiger partial charge in [0.1, 0.15) is 17.6 Å². The van der Waals surface area contributed by atoms with Crippen LogP contribution in [0.4, 0.5) is 0 Å². The summed E-state index contributed by atoms with van der Waals surface area (Å²) in [4.78, 5) is 10.9. The molecule has 0 bridgehead atoms. The van der Waals surface area contributed by atoms with E-state index >= 15 is 0 Å². The summed E-state index contributed by atoms with van der Waals surface area (Å²) < 4.78 is 10.1. The van der Waals surface area contributed by atoms with Crippen molar-refractivity contribution < 1.29 is 9.15 Å². The van der Waals surface area contributed by atoms with E-state index in [1.54, 1.807) is 13.0 Å². The average molecular weight is 183 g/mol. The summed E-state index contributed by atoms with van der Waals surface area (Å²) in [6, 6.07) is 2.96. The summed E-state index contributed by atoms with van der Waals surface area (Å²) in [5.74, 6) is 1.04. The highest BCUT2D eigenvalue weighted by Crippen LogP contribution is 2.10. The maximum Gasteiger partial charge on any atom is 0.339 e. The second-order valence-electron chi connectivity index (χ2n) is 2.89. The molecule has 4 heteroatoms. The van der Waals surface area contributed by atoms with Crippen LogP contribution in [-0.4, -0.2) is 12.6 Å². The maximum absolute atomic E-state index is 10.9. The van der Waals surface area contributed by atoms with E-state index in [2.05, 4.69) is 0 Å². The lowest BCUT2D eigenvalue weighted by atomic mass is 10.3. The van der Waals surface area contributed by atoms with Crippen LogP contribution in [0.5, 0.6) is 5.75 Å². The van der Waals surface area contributed by atoms with Crippen molar-refractivity contribution >= 4 is 0 Å². The number of aryl methyl sites for hydroxylation is 1. The van der Waals surface area contributed by atoms with Crippen LogP contribution in [0.1, 0.15) is 12.7 Å². The fourth-order valence-electron chi connectivity index (χ4n) is 0.924. The molecule has 1 atom stereocenters. The molecule has 1 heterocycles. The number of rotatable bonds is 3. The molecule has 0 saturated heterocycles. The first-order chi connectivity index (χ1) is 6.11. The van der Waals surface area contributed by atoms with Crippen molar-refractivity contribution in [2.24, 2.45) is 5.73 Å². The molecule has 0 spiro atoms. The summed E-state index contributed by atoms with van der Waals surface area (Å²) in [7, 11) is 0. The van der Waals surface area contributed by atoms with Gasteiger partial charge < -0.3 is 14.9 Å². The highest BCUT2D eigenvalue weighted by molar-refractivity contribution is 5.20. The van der Waals surface area contributed by atoms with Gasteiger partial charge in [-0.05, 0) is 13.8 Å². The normalized spacial score (nSPS) is 12.5. The van der Waals surface area contributed by atoms with Crippen molar-refractivity contribution in [1.29, 1.82) is 0 Å². The Balaban J connectivity index is 2.83. The average Bonchev–Trinajstić information content (AvgIpc) is 2.02. The SMILES string of the molecule is Cc1cc(O[C@H](C)CN)cc(=O)o1. The molecule has 13 heavy (non-hydrogen) atoms. The second-order valence-corrected chi connectivity index (χ2v) is 2.89. The van der Waals surface area contributed by atoms with Crippen LogP contribution >= 0.6 is 0 Å². The van der Waals surface area contributed by atoms with Gasteiger partial charge in [0.25, 0.3) is 0 Å². The lowest BCUT2D eigenvalue weighted by molar-refractivity contribution is 0.227. The Bertz CT molecular complexity index is 332. The van der Waals surface area contributed by atoms with Crippen LogP contribution in [0.25, 0.3) is 0 Å². The molecule has 0 unspecified atom stereocenters. The first-order valence-corrected chi connectivity index (χ1v) is 4.10. The van der Waals surface area contributed by atoms with Crippen molar-refractivity contribution in [2.45, 2.75) is 20.0 Å². The van der Waals surface area contributed by atoms with E-state index in [1.807, 2.05) is 6.92 Å². The Morgan fingerprint density at radius 3 is 2.85 bits per heavy atom. The number of ether oxygens (including phenoxy) is 1. The molecule has 0 aliphatic rings. The van der Waals surface area contributed by atoms with Crippen molar-refractivity contribution in [1.82, 2.24) is 0 Å². The summed E-state index contributed by atoms with van der Waals surface area (Å²) in [6.07, 6.45) is -0.0961. The van der Waals surface area contributed by atoms with E-state index in [-0.39, 0.29) is 6.10 Å².